The van der Waals surface area contributed by atoms with E-state index in [-0.39, 0.29) is 26.2 Å². The van der Waals surface area contributed by atoms with Crippen molar-refractivity contribution in [3.05, 3.63) is 29.8 Å². The Bertz CT molecular complexity index is 403. The molecule has 6 heteroatoms. The monoisotopic (exact) mass is 284 g/mol. The van der Waals surface area contributed by atoms with Gasteiger partial charge in [0.2, 0.25) is 0 Å². The zero-order valence-corrected chi connectivity index (χ0v) is 11.4. The minimum absolute atomic E-state index is 0.0807. The van der Waals surface area contributed by atoms with Crippen LogP contribution in [0.2, 0.25) is 0 Å². The minimum atomic E-state index is -1.22. The Morgan fingerprint density at radius 3 is 2.45 bits per heavy atom. The highest BCUT2D eigenvalue weighted by Crippen LogP contribution is 2.22. The summed E-state index contributed by atoms with van der Waals surface area (Å²) >= 11 is 0. The van der Waals surface area contributed by atoms with Crippen molar-refractivity contribution < 1.29 is 29.6 Å². The van der Waals surface area contributed by atoms with Crippen LogP contribution < -0.4 is 4.74 Å². The van der Waals surface area contributed by atoms with Crippen molar-refractivity contribution in [1.82, 2.24) is 0 Å². The SMILES string of the molecule is CCOC(=O)CC(O)C(O)c1ccc(OCCO)cc1. The van der Waals surface area contributed by atoms with Crippen LogP contribution in [-0.2, 0) is 9.53 Å². The third-order valence-corrected chi connectivity index (χ3v) is 2.63. The van der Waals surface area contributed by atoms with Crippen LogP contribution in [0.25, 0.3) is 0 Å². The van der Waals surface area contributed by atoms with Crippen LogP contribution >= 0.6 is 0 Å². The van der Waals surface area contributed by atoms with E-state index in [4.69, 9.17) is 14.6 Å². The summed E-state index contributed by atoms with van der Waals surface area (Å²) in [5.74, 6) is -0.00293. The van der Waals surface area contributed by atoms with Crippen molar-refractivity contribution in [1.29, 1.82) is 0 Å². The number of aliphatic hydroxyl groups excluding tert-OH is 3. The largest absolute Gasteiger partial charge is 0.491 e. The van der Waals surface area contributed by atoms with E-state index >= 15 is 0 Å². The molecule has 1 aromatic carbocycles. The summed E-state index contributed by atoms with van der Waals surface area (Å²) in [6, 6.07) is 6.41. The van der Waals surface area contributed by atoms with Gasteiger partial charge in [-0.25, -0.2) is 0 Å². The first-order valence-electron chi connectivity index (χ1n) is 6.43. The maximum Gasteiger partial charge on any atom is 0.308 e. The number of aliphatic hydroxyl groups is 3. The van der Waals surface area contributed by atoms with Crippen molar-refractivity contribution in [2.75, 3.05) is 19.8 Å². The molecule has 0 amide bonds. The molecule has 0 saturated heterocycles. The predicted octanol–water partition coefficient (Wildman–Crippen LogP) is 0.405. The van der Waals surface area contributed by atoms with Gasteiger partial charge in [0, 0.05) is 0 Å². The molecule has 0 aromatic heterocycles. The van der Waals surface area contributed by atoms with Gasteiger partial charge in [-0.2, -0.15) is 0 Å². The van der Waals surface area contributed by atoms with Crippen molar-refractivity contribution >= 4 is 5.97 Å². The maximum absolute atomic E-state index is 11.2. The van der Waals surface area contributed by atoms with E-state index in [9.17, 15) is 15.0 Å². The molecule has 2 atom stereocenters. The Balaban J connectivity index is 2.57. The van der Waals surface area contributed by atoms with Crippen molar-refractivity contribution in [3.63, 3.8) is 0 Å². The molecule has 112 valence electrons. The zero-order chi connectivity index (χ0) is 15.0. The second-order valence-electron chi connectivity index (χ2n) is 4.16. The van der Waals surface area contributed by atoms with E-state index in [1.54, 1.807) is 31.2 Å². The van der Waals surface area contributed by atoms with Gasteiger partial charge in [-0.05, 0) is 24.6 Å². The lowest BCUT2D eigenvalue weighted by Crippen LogP contribution is -2.23. The number of carbonyl (C=O) groups is 1. The van der Waals surface area contributed by atoms with Crippen LogP contribution in [0.1, 0.15) is 25.0 Å². The summed E-state index contributed by atoms with van der Waals surface area (Å²) in [7, 11) is 0. The lowest BCUT2D eigenvalue weighted by Gasteiger charge is -2.17. The summed E-state index contributed by atoms with van der Waals surface area (Å²) in [4.78, 5) is 11.2. The molecule has 20 heavy (non-hydrogen) atoms. The first-order chi connectivity index (χ1) is 9.58. The average molecular weight is 284 g/mol. The highest BCUT2D eigenvalue weighted by molar-refractivity contribution is 5.70. The second-order valence-corrected chi connectivity index (χ2v) is 4.16. The van der Waals surface area contributed by atoms with E-state index in [2.05, 4.69) is 0 Å². The van der Waals surface area contributed by atoms with E-state index in [0.717, 1.165) is 0 Å². The molecule has 0 aliphatic heterocycles. The Hall–Kier alpha value is -1.63. The van der Waals surface area contributed by atoms with Crippen LogP contribution in [0.4, 0.5) is 0 Å². The normalized spacial score (nSPS) is 13.6. The van der Waals surface area contributed by atoms with E-state index in [1.165, 1.54) is 0 Å². The molecular weight excluding hydrogens is 264 g/mol. The van der Waals surface area contributed by atoms with Gasteiger partial charge in [-0.15, -0.1) is 0 Å². The molecule has 2 unspecified atom stereocenters. The molecule has 0 radical (unpaired) electrons. The number of ether oxygens (including phenoxy) is 2. The van der Waals surface area contributed by atoms with Crippen LogP contribution in [0.3, 0.4) is 0 Å². The first kappa shape index (κ1) is 16.4. The van der Waals surface area contributed by atoms with Gasteiger partial charge in [0.1, 0.15) is 18.5 Å². The molecule has 1 aromatic rings. The van der Waals surface area contributed by atoms with Gasteiger partial charge < -0.3 is 24.8 Å². The van der Waals surface area contributed by atoms with Gasteiger partial charge >= 0.3 is 5.97 Å². The van der Waals surface area contributed by atoms with Crippen LogP contribution in [0.5, 0.6) is 5.75 Å². The Labute approximate surface area is 117 Å². The first-order valence-corrected chi connectivity index (χ1v) is 6.43. The molecule has 6 nitrogen and oxygen atoms in total. The van der Waals surface area contributed by atoms with Crippen LogP contribution in [0, 0.1) is 0 Å². The van der Waals surface area contributed by atoms with Gasteiger partial charge in [0.15, 0.2) is 0 Å². The molecule has 3 N–H and O–H groups in total. The third-order valence-electron chi connectivity index (χ3n) is 2.63. The fraction of sp³-hybridized carbons (Fsp3) is 0.500. The second kappa shape index (κ2) is 8.52. The van der Waals surface area contributed by atoms with Crippen molar-refractivity contribution in [3.8, 4) is 5.75 Å². The zero-order valence-electron chi connectivity index (χ0n) is 11.4. The van der Waals surface area contributed by atoms with E-state index in [1.807, 2.05) is 0 Å². The smallest absolute Gasteiger partial charge is 0.308 e. The minimum Gasteiger partial charge on any atom is -0.491 e. The highest BCUT2D eigenvalue weighted by Gasteiger charge is 2.22. The molecular formula is C14H20O6. The summed E-state index contributed by atoms with van der Waals surface area (Å²) in [5, 5.41) is 28.3. The fourth-order valence-electron chi connectivity index (χ4n) is 1.65. The van der Waals surface area contributed by atoms with Gasteiger partial charge in [-0.3, -0.25) is 4.79 Å². The van der Waals surface area contributed by atoms with Crippen LogP contribution in [0.15, 0.2) is 24.3 Å². The van der Waals surface area contributed by atoms with Crippen LogP contribution in [-0.4, -0.2) is 47.2 Å². The Morgan fingerprint density at radius 1 is 1.25 bits per heavy atom. The van der Waals surface area contributed by atoms with Crippen molar-refractivity contribution in [2.45, 2.75) is 25.6 Å². The quantitative estimate of drug-likeness (QED) is 0.598. The van der Waals surface area contributed by atoms with Crippen molar-refractivity contribution in [2.24, 2.45) is 0 Å². The number of benzene rings is 1. The summed E-state index contributed by atoms with van der Waals surface area (Å²) in [6.45, 7) is 2.01. The summed E-state index contributed by atoms with van der Waals surface area (Å²) < 4.78 is 9.89. The fourth-order valence-corrected chi connectivity index (χ4v) is 1.65. The number of esters is 1. The summed E-state index contributed by atoms with van der Waals surface area (Å²) in [6.07, 6.45) is -2.66. The topological polar surface area (TPSA) is 96.2 Å². The van der Waals surface area contributed by atoms with Gasteiger partial charge in [0.25, 0.3) is 0 Å². The van der Waals surface area contributed by atoms with Gasteiger partial charge in [-0.1, -0.05) is 12.1 Å². The third kappa shape index (κ3) is 5.16. The standard InChI is InChI=1S/C14H20O6/c1-2-19-13(17)9-12(16)14(18)10-3-5-11(6-4-10)20-8-7-15/h3-6,12,14-16,18H,2,7-9H2,1H3. The maximum atomic E-state index is 11.2. The molecule has 0 aliphatic carbocycles. The van der Waals surface area contributed by atoms with E-state index < -0.39 is 18.2 Å². The molecule has 1 rings (SSSR count). The number of rotatable bonds is 8. The molecule has 0 fully saturated rings. The number of hydrogen-bond donors (Lipinski definition) is 3. The summed E-state index contributed by atoms with van der Waals surface area (Å²) in [5.41, 5.74) is 0.471. The lowest BCUT2D eigenvalue weighted by atomic mass is 10.0. The molecule has 0 heterocycles. The molecule has 0 bridgehead atoms. The van der Waals surface area contributed by atoms with Gasteiger partial charge in [0.05, 0.1) is 25.7 Å². The average Bonchev–Trinajstić information content (AvgIpc) is 2.45. The lowest BCUT2D eigenvalue weighted by molar-refractivity contribution is -0.147. The Kier molecular flexibility index (Phi) is 7.00. The molecule has 0 aliphatic rings. The number of hydrogen-bond acceptors (Lipinski definition) is 6. The molecule has 0 saturated carbocycles. The number of carbonyl (C=O) groups excluding carboxylic acids is 1. The predicted molar refractivity (Wildman–Crippen MR) is 71.2 cm³/mol. The van der Waals surface area contributed by atoms with E-state index in [0.29, 0.717) is 11.3 Å². The molecule has 0 spiro atoms. The highest BCUT2D eigenvalue weighted by atomic mass is 16.5. The Morgan fingerprint density at radius 2 is 1.90 bits per heavy atom.